The molecule has 0 spiro atoms. The summed E-state index contributed by atoms with van der Waals surface area (Å²) < 4.78 is 4.91. The molecule has 0 amide bonds. The van der Waals surface area contributed by atoms with Gasteiger partial charge in [-0.1, -0.05) is 35.0 Å². The number of nitrogens with two attached hydrogens (primary N) is 1. The van der Waals surface area contributed by atoms with Crippen LogP contribution in [0.1, 0.15) is 17.6 Å². The highest BCUT2D eigenvalue weighted by atomic mass is 16.5. The van der Waals surface area contributed by atoms with Crippen molar-refractivity contribution >= 4 is 0 Å². The van der Waals surface area contributed by atoms with Crippen LogP contribution in [0, 0.1) is 6.92 Å². The number of nitrogens with zero attached hydrogens (tertiary/aromatic N) is 2. The van der Waals surface area contributed by atoms with E-state index in [2.05, 4.69) is 10.1 Å². The Kier molecular flexibility index (Phi) is 2.98. The molecule has 1 aromatic carbocycles. The second-order valence-electron chi connectivity index (χ2n) is 3.57. The minimum absolute atomic E-state index is 0.0650. The van der Waals surface area contributed by atoms with Crippen molar-refractivity contribution in [2.75, 3.05) is 6.54 Å². The van der Waals surface area contributed by atoms with Gasteiger partial charge in [-0.25, -0.2) is 0 Å². The normalized spacial score (nSPS) is 12.7. The van der Waals surface area contributed by atoms with Crippen LogP contribution in [0.2, 0.25) is 0 Å². The molecule has 1 aromatic heterocycles. The Hall–Kier alpha value is -1.72. The maximum absolute atomic E-state index is 9.41. The second kappa shape index (κ2) is 4.42. The average molecular weight is 219 g/mol. The summed E-state index contributed by atoms with van der Waals surface area (Å²) in [4.78, 5) is 4.07. The summed E-state index contributed by atoms with van der Waals surface area (Å²) in [5.41, 5.74) is 7.31. The molecule has 5 nitrogen and oxygen atoms in total. The van der Waals surface area contributed by atoms with E-state index in [4.69, 9.17) is 10.3 Å². The molecular formula is C11H13N3O2. The second-order valence-corrected chi connectivity index (χ2v) is 3.57. The first kappa shape index (κ1) is 10.8. The zero-order chi connectivity index (χ0) is 11.5. The van der Waals surface area contributed by atoms with E-state index in [0.29, 0.717) is 5.82 Å². The molecule has 2 aromatic rings. The first-order valence-corrected chi connectivity index (χ1v) is 4.99. The van der Waals surface area contributed by atoms with Crippen LogP contribution in [0.25, 0.3) is 11.4 Å². The smallest absolute Gasteiger partial charge is 0.257 e. The van der Waals surface area contributed by atoms with E-state index < -0.39 is 6.10 Å². The molecule has 2 rings (SSSR count). The van der Waals surface area contributed by atoms with Gasteiger partial charge in [0, 0.05) is 12.1 Å². The molecule has 1 unspecified atom stereocenters. The lowest BCUT2D eigenvalue weighted by Crippen LogP contribution is -2.11. The molecule has 0 fully saturated rings. The van der Waals surface area contributed by atoms with Gasteiger partial charge in [-0.3, -0.25) is 0 Å². The van der Waals surface area contributed by atoms with Crippen molar-refractivity contribution in [2.45, 2.75) is 13.0 Å². The minimum Gasteiger partial charge on any atom is -0.382 e. The fraction of sp³-hybridized carbons (Fsp3) is 0.273. The minimum atomic E-state index is -0.897. The third-order valence-corrected chi connectivity index (χ3v) is 2.26. The predicted octanol–water partition coefficient (Wildman–Crippen LogP) is 1.04. The molecule has 16 heavy (non-hydrogen) atoms. The van der Waals surface area contributed by atoms with Gasteiger partial charge in [-0.05, 0) is 6.92 Å². The summed E-state index contributed by atoms with van der Waals surface area (Å²) in [5.74, 6) is 0.612. The van der Waals surface area contributed by atoms with Crippen molar-refractivity contribution < 1.29 is 9.63 Å². The van der Waals surface area contributed by atoms with E-state index in [1.807, 2.05) is 31.2 Å². The Morgan fingerprint density at radius 2 is 2.06 bits per heavy atom. The SMILES string of the molecule is Cc1ccc(-c2noc(C(O)CN)n2)cc1. The number of aliphatic hydroxyl groups excluding tert-OH is 1. The van der Waals surface area contributed by atoms with Gasteiger partial charge >= 0.3 is 0 Å². The largest absolute Gasteiger partial charge is 0.382 e. The van der Waals surface area contributed by atoms with Gasteiger partial charge in [0.25, 0.3) is 5.89 Å². The number of aryl methyl sites for hydroxylation is 1. The maximum Gasteiger partial charge on any atom is 0.257 e. The lowest BCUT2D eigenvalue weighted by Gasteiger charge is -1.98. The van der Waals surface area contributed by atoms with Crippen molar-refractivity contribution in [3.05, 3.63) is 35.7 Å². The van der Waals surface area contributed by atoms with Gasteiger partial charge in [0.05, 0.1) is 0 Å². The molecule has 0 aliphatic rings. The quantitative estimate of drug-likeness (QED) is 0.805. The zero-order valence-corrected chi connectivity index (χ0v) is 8.92. The van der Waals surface area contributed by atoms with E-state index >= 15 is 0 Å². The summed E-state index contributed by atoms with van der Waals surface area (Å²) in [6, 6.07) is 7.73. The van der Waals surface area contributed by atoms with Crippen LogP contribution in [0.4, 0.5) is 0 Å². The molecule has 5 heteroatoms. The van der Waals surface area contributed by atoms with Gasteiger partial charge in [-0.15, -0.1) is 0 Å². The fourth-order valence-corrected chi connectivity index (χ4v) is 1.29. The van der Waals surface area contributed by atoms with Crippen LogP contribution < -0.4 is 5.73 Å². The molecule has 0 radical (unpaired) electrons. The fourth-order valence-electron chi connectivity index (χ4n) is 1.29. The first-order valence-electron chi connectivity index (χ1n) is 4.99. The molecule has 0 saturated carbocycles. The number of aromatic nitrogens is 2. The standard InChI is InChI=1S/C11H13N3O2/c1-7-2-4-8(5-3-7)10-13-11(16-14-10)9(15)6-12/h2-5,9,15H,6,12H2,1H3. The van der Waals surface area contributed by atoms with Crippen molar-refractivity contribution in [1.82, 2.24) is 10.1 Å². The molecule has 0 saturated heterocycles. The van der Waals surface area contributed by atoms with Gasteiger partial charge in [0.1, 0.15) is 6.10 Å². The van der Waals surface area contributed by atoms with E-state index in [1.54, 1.807) is 0 Å². The number of aliphatic hydroxyl groups is 1. The lowest BCUT2D eigenvalue weighted by atomic mass is 10.1. The van der Waals surface area contributed by atoms with E-state index in [-0.39, 0.29) is 12.4 Å². The first-order chi connectivity index (χ1) is 7.70. The van der Waals surface area contributed by atoms with Crippen molar-refractivity contribution in [2.24, 2.45) is 5.73 Å². The summed E-state index contributed by atoms with van der Waals surface area (Å²) in [7, 11) is 0. The Bertz CT molecular complexity index is 464. The van der Waals surface area contributed by atoms with Crippen LogP contribution in [-0.2, 0) is 0 Å². The average Bonchev–Trinajstić information content (AvgIpc) is 2.78. The van der Waals surface area contributed by atoms with Crippen molar-refractivity contribution in [3.63, 3.8) is 0 Å². The lowest BCUT2D eigenvalue weighted by molar-refractivity contribution is 0.141. The van der Waals surface area contributed by atoms with Crippen molar-refractivity contribution in [1.29, 1.82) is 0 Å². The molecular weight excluding hydrogens is 206 g/mol. The molecule has 0 aliphatic carbocycles. The van der Waals surface area contributed by atoms with E-state index in [9.17, 15) is 5.11 Å². The molecule has 3 N–H and O–H groups in total. The monoisotopic (exact) mass is 219 g/mol. The highest BCUT2D eigenvalue weighted by Crippen LogP contribution is 2.18. The highest BCUT2D eigenvalue weighted by molar-refractivity contribution is 5.54. The maximum atomic E-state index is 9.41. The summed E-state index contributed by atoms with van der Waals surface area (Å²) in [6.45, 7) is 2.07. The Morgan fingerprint density at radius 3 is 2.69 bits per heavy atom. The number of hydrogen-bond donors (Lipinski definition) is 2. The molecule has 1 heterocycles. The number of rotatable bonds is 3. The predicted molar refractivity (Wildman–Crippen MR) is 58.5 cm³/mol. The van der Waals surface area contributed by atoms with Crippen LogP contribution in [0.15, 0.2) is 28.8 Å². The number of hydrogen-bond acceptors (Lipinski definition) is 5. The molecule has 0 aliphatic heterocycles. The topological polar surface area (TPSA) is 85.2 Å². The van der Waals surface area contributed by atoms with E-state index in [0.717, 1.165) is 11.1 Å². The number of benzene rings is 1. The van der Waals surface area contributed by atoms with Gasteiger partial charge in [0.15, 0.2) is 0 Å². The third-order valence-electron chi connectivity index (χ3n) is 2.26. The van der Waals surface area contributed by atoms with Crippen LogP contribution >= 0.6 is 0 Å². The van der Waals surface area contributed by atoms with E-state index in [1.165, 1.54) is 0 Å². The molecule has 1 atom stereocenters. The zero-order valence-electron chi connectivity index (χ0n) is 8.92. The van der Waals surface area contributed by atoms with Crippen LogP contribution in [0.5, 0.6) is 0 Å². The Labute approximate surface area is 92.9 Å². The van der Waals surface area contributed by atoms with Crippen LogP contribution in [-0.4, -0.2) is 21.8 Å². The molecule has 84 valence electrons. The Morgan fingerprint density at radius 1 is 1.38 bits per heavy atom. The highest BCUT2D eigenvalue weighted by Gasteiger charge is 2.14. The third kappa shape index (κ3) is 2.10. The van der Waals surface area contributed by atoms with Gasteiger partial charge in [0.2, 0.25) is 5.82 Å². The Balaban J connectivity index is 2.28. The van der Waals surface area contributed by atoms with Gasteiger partial charge < -0.3 is 15.4 Å². The molecule has 0 bridgehead atoms. The van der Waals surface area contributed by atoms with Crippen LogP contribution in [0.3, 0.4) is 0 Å². The summed E-state index contributed by atoms with van der Waals surface area (Å²) in [5, 5.41) is 13.2. The summed E-state index contributed by atoms with van der Waals surface area (Å²) in [6.07, 6.45) is -0.897. The van der Waals surface area contributed by atoms with Gasteiger partial charge in [-0.2, -0.15) is 4.98 Å². The summed E-state index contributed by atoms with van der Waals surface area (Å²) >= 11 is 0. The van der Waals surface area contributed by atoms with Crippen molar-refractivity contribution in [3.8, 4) is 11.4 Å².